The molecule has 0 radical (unpaired) electrons. The molecule has 0 spiro atoms. The van der Waals surface area contributed by atoms with Crippen LogP contribution in [0.3, 0.4) is 0 Å². The van der Waals surface area contributed by atoms with Crippen molar-refractivity contribution in [3.05, 3.63) is 41.2 Å². The second-order valence-corrected chi connectivity index (χ2v) is 7.53. The van der Waals surface area contributed by atoms with Crippen molar-refractivity contribution in [1.82, 2.24) is 19.9 Å². The molecule has 4 rings (SSSR count). The molecule has 2 aromatic heterocycles. The average Bonchev–Trinajstić information content (AvgIpc) is 3.05. The fraction of sp³-hybridized carbons (Fsp3) is 0.350. The van der Waals surface area contributed by atoms with Gasteiger partial charge in [0.05, 0.1) is 40.6 Å². The number of imidazole rings is 1. The maximum absolute atomic E-state index is 12.5. The van der Waals surface area contributed by atoms with Gasteiger partial charge in [-0.2, -0.15) is 0 Å². The van der Waals surface area contributed by atoms with Crippen LogP contribution in [-0.2, 0) is 17.3 Å². The fourth-order valence-corrected chi connectivity index (χ4v) is 4.12. The Hall–Kier alpha value is -2.60. The van der Waals surface area contributed by atoms with Gasteiger partial charge in [0.1, 0.15) is 0 Å². The van der Waals surface area contributed by atoms with Crippen LogP contribution < -0.4 is 10.1 Å². The maximum Gasteiger partial charge on any atom is 0.230 e. The number of halogens is 1. The van der Waals surface area contributed by atoms with Crippen molar-refractivity contribution >= 4 is 28.5 Å². The summed E-state index contributed by atoms with van der Waals surface area (Å²) in [5.41, 5.74) is 3.44. The Kier molecular flexibility index (Phi) is 4.30. The Bertz CT molecular complexity index is 1050. The molecule has 27 heavy (non-hydrogen) atoms. The van der Waals surface area contributed by atoms with Crippen molar-refractivity contribution in [2.75, 3.05) is 13.7 Å². The highest BCUT2D eigenvalue weighted by Gasteiger charge is 2.40. The van der Waals surface area contributed by atoms with Gasteiger partial charge in [-0.25, -0.2) is 9.97 Å². The number of piperidine rings is 1. The van der Waals surface area contributed by atoms with Gasteiger partial charge in [-0.3, -0.25) is 4.79 Å². The number of fused-ring (bicyclic) bond motifs is 1. The van der Waals surface area contributed by atoms with Gasteiger partial charge < -0.3 is 14.6 Å². The lowest BCUT2D eigenvalue weighted by Gasteiger charge is -2.33. The van der Waals surface area contributed by atoms with Crippen LogP contribution in [-0.4, -0.2) is 34.1 Å². The van der Waals surface area contributed by atoms with E-state index in [-0.39, 0.29) is 5.91 Å². The maximum atomic E-state index is 12.5. The summed E-state index contributed by atoms with van der Waals surface area (Å²) in [6.45, 7) is 2.66. The summed E-state index contributed by atoms with van der Waals surface area (Å²) in [7, 11) is 3.49. The third-order valence-electron chi connectivity index (χ3n) is 5.35. The van der Waals surface area contributed by atoms with Crippen LogP contribution >= 0.6 is 11.6 Å². The van der Waals surface area contributed by atoms with Crippen LogP contribution in [0.1, 0.15) is 25.3 Å². The number of pyridine rings is 1. The first-order chi connectivity index (χ1) is 12.9. The molecule has 0 bridgehead atoms. The molecule has 1 fully saturated rings. The second-order valence-electron chi connectivity index (χ2n) is 7.13. The first-order valence-electron chi connectivity index (χ1n) is 8.89. The van der Waals surface area contributed by atoms with Crippen LogP contribution in [0.15, 0.2) is 30.6 Å². The van der Waals surface area contributed by atoms with Crippen LogP contribution in [0, 0.1) is 0 Å². The van der Waals surface area contributed by atoms with E-state index in [2.05, 4.69) is 15.3 Å². The summed E-state index contributed by atoms with van der Waals surface area (Å²) in [5.74, 6) is 0.476. The summed E-state index contributed by atoms with van der Waals surface area (Å²) >= 11 is 6.45. The lowest BCUT2D eigenvalue weighted by Crippen LogP contribution is -2.47. The average molecular weight is 385 g/mol. The van der Waals surface area contributed by atoms with Crippen molar-refractivity contribution in [3.8, 4) is 17.1 Å². The van der Waals surface area contributed by atoms with E-state index in [1.165, 1.54) is 0 Å². The Morgan fingerprint density at radius 1 is 1.33 bits per heavy atom. The lowest BCUT2D eigenvalue weighted by atomic mass is 9.76. The molecule has 3 heterocycles. The molecule has 1 N–H and O–H groups in total. The smallest absolute Gasteiger partial charge is 0.230 e. The molecule has 1 amide bonds. The molecule has 1 unspecified atom stereocenters. The van der Waals surface area contributed by atoms with E-state index in [1.54, 1.807) is 13.4 Å². The Morgan fingerprint density at radius 2 is 2.15 bits per heavy atom. The zero-order valence-electron chi connectivity index (χ0n) is 15.5. The minimum atomic E-state index is -0.641. The number of nitrogens with zero attached hydrogens (tertiary/aromatic N) is 3. The molecule has 0 saturated carbocycles. The Labute approximate surface area is 162 Å². The molecule has 140 valence electrons. The zero-order chi connectivity index (χ0) is 19.2. The summed E-state index contributed by atoms with van der Waals surface area (Å²) in [6.07, 6.45) is 3.43. The number of aryl methyl sites for hydroxylation is 1. The minimum absolute atomic E-state index is 0.0135. The van der Waals surface area contributed by atoms with E-state index in [0.717, 1.165) is 40.7 Å². The molecule has 1 aliphatic rings. The van der Waals surface area contributed by atoms with Gasteiger partial charge >= 0.3 is 0 Å². The van der Waals surface area contributed by atoms with E-state index in [0.29, 0.717) is 17.4 Å². The monoisotopic (exact) mass is 384 g/mol. The molecule has 7 heteroatoms. The van der Waals surface area contributed by atoms with Crippen molar-refractivity contribution in [2.45, 2.75) is 25.2 Å². The number of hydrogen-bond acceptors (Lipinski definition) is 4. The summed E-state index contributed by atoms with van der Waals surface area (Å²) in [5, 5.41) is 3.56. The highest BCUT2D eigenvalue weighted by Crippen LogP contribution is 2.38. The third-order valence-corrected chi connectivity index (χ3v) is 5.64. The number of amides is 1. The largest absolute Gasteiger partial charge is 0.481 e. The molecule has 3 aromatic rings. The first kappa shape index (κ1) is 17.8. The highest BCUT2D eigenvalue weighted by molar-refractivity contribution is 6.35. The summed E-state index contributed by atoms with van der Waals surface area (Å²) < 4.78 is 7.44. The van der Waals surface area contributed by atoms with Gasteiger partial charge in [-0.05, 0) is 38.0 Å². The van der Waals surface area contributed by atoms with Crippen LogP contribution in [0.5, 0.6) is 5.88 Å². The first-order valence-corrected chi connectivity index (χ1v) is 9.26. The number of methoxy groups -OCH3 is 1. The number of carbonyl (C=O) groups is 1. The van der Waals surface area contributed by atoms with Crippen molar-refractivity contribution in [1.29, 1.82) is 0 Å². The predicted molar refractivity (Wildman–Crippen MR) is 105 cm³/mol. The predicted octanol–water partition coefficient (Wildman–Crippen LogP) is 3.47. The van der Waals surface area contributed by atoms with Gasteiger partial charge in [-0.15, -0.1) is 0 Å². The molecule has 1 aliphatic heterocycles. The standard InChI is InChI=1S/C20H21ClN4O2/c1-20(7-4-8-22-19(20)26)13-5-6-15(24-18(13)27-3)12-9-14(21)17-16(10-12)23-11-25(17)2/h5-6,9-11H,4,7-8H2,1-3H3,(H,22,26). The van der Waals surface area contributed by atoms with Gasteiger partial charge in [0.25, 0.3) is 0 Å². The SMILES string of the molecule is COc1nc(-c2cc(Cl)c3c(c2)ncn3C)ccc1C1(C)CCCNC1=O. The van der Waals surface area contributed by atoms with Crippen LogP contribution in [0.2, 0.25) is 5.02 Å². The molecular weight excluding hydrogens is 364 g/mol. The normalized spacial score (nSPS) is 19.9. The molecule has 1 aromatic carbocycles. The number of hydrogen-bond donors (Lipinski definition) is 1. The van der Waals surface area contributed by atoms with E-state index in [1.807, 2.05) is 42.8 Å². The number of nitrogens with one attached hydrogen (secondary N) is 1. The van der Waals surface area contributed by atoms with Crippen LogP contribution in [0.4, 0.5) is 0 Å². The molecule has 0 aliphatic carbocycles. The summed E-state index contributed by atoms with van der Waals surface area (Å²) in [6, 6.07) is 7.67. The van der Waals surface area contributed by atoms with Gasteiger partial charge in [0.2, 0.25) is 11.8 Å². The minimum Gasteiger partial charge on any atom is -0.481 e. The summed E-state index contributed by atoms with van der Waals surface area (Å²) in [4.78, 5) is 21.6. The lowest BCUT2D eigenvalue weighted by molar-refractivity contribution is -0.128. The number of rotatable bonds is 3. The van der Waals surface area contributed by atoms with Crippen molar-refractivity contribution in [3.63, 3.8) is 0 Å². The van der Waals surface area contributed by atoms with E-state index in [9.17, 15) is 4.79 Å². The van der Waals surface area contributed by atoms with E-state index < -0.39 is 5.41 Å². The van der Waals surface area contributed by atoms with Gasteiger partial charge in [-0.1, -0.05) is 17.7 Å². The van der Waals surface area contributed by atoms with Crippen molar-refractivity contribution in [2.24, 2.45) is 7.05 Å². The van der Waals surface area contributed by atoms with E-state index in [4.69, 9.17) is 16.3 Å². The Morgan fingerprint density at radius 3 is 2.89 bits per heavy atom. The number of ether oxygens (including phenoxy) is 1. The zero-order valence-corrected chi connectivity index (χ0v) is 16.3. The number of benzene rings is 1. The molecule has 6 nitrogen and oxygen atoms in total. The molecule has 1 saturated heterocycles. The number of carbonyl (C=O) groups excluding carboxylic acids is 1. The second kappa shape index (κ2) is 6.53. The number of aromatic nitrogens is 3. The fourth-order valence-electron chi connectivity index (χ4n) is 3.77. The van der Waals surface area contributed by atoms with E-state index >= 15 is 0 Å². The Balaban J connectivity index is 1.81. The molecule has 1 atom stereocenters. The topological polar surface area (TPSA) is 69.0 Å². The highest BCUT2D eigenvalue weighted by atomic mass is 35.5. The quantitative estimate of drug-likeness (QED) is 0.750. The van der Waals surface area contributed by atoms with Gasteiger partial charge in [0.15, 0.2) is 0 Å². The third kappa shape index (κ3) is 2.84. The van der Waals surface area contributed by atoms with Gasteiger partial charge in [0, 0.05) is 24.7 Å². The van der Waals surface area contributed by atoms with Crippen LogP contribution in [0.25, 0.3) is 22.3 Å². The van der Waals surface area contributed by atoms with Crippen molar-refractivity contribution < 1.29 is 9.53 Å². The molecular formula is C20H21ClN4O2.